The predicted molar refractivity (Wildman–Crippen MR) is 100 cm³/mol. The molecule has 1 saturated carbocycles. The highest BCUT2D eigenvalue weighted by Crippen LogP contribution is 2.29. The lowest BCUT2D eigenvalue weighted by molar-refractivity contribution is 0.0524. The number of hydrogen-bond donors (Lipinski definition) is 1. The van der Waals surface area contributed by atoms with Gasteiger partial charge in [-0.15, -0.1) is 0 Å². The summed E-state index contributed by atoms with van der Waals surface area (Å²) in [6, 6.07) is 1.55. The van der Waals surface area contributed by atoms with Crippen LogP contribution in [0.5, 0.6) is 0 Å². The lowest BCUT2D eigenvalue weighted by Crippen LogP contribution is -2.25. The van der Waals surface area contributed by atoms with E-state index >= 15 is 0 Å². The first-order valence-corrected chi connectivity index (χ1v) is 9.46. The number of carbonyl (C=O) groups is 1. The molecule has 1 aromatic heterocycles. The average Bonchev–Trinajstić information content (AvgIpc) is 2.67. The first-order valence-electron chi connectivity index (χ1n) is 9.46. The standard InChI is InChI=1S/C20H24F2N2O3/c1-3-24-11-13(20(26)27-4-2)19(25)16-15(24)10-14(17(21)18(16)22)23-12-8-6-5-7-9-12/h10-12,23H,3-9H2,1-2H3. The fourth-order valence-corrected chi connectivity index (χ4v) is 3.66. The molecule has 146 valence electrons. The molecule has 7 heteroatoms. The summed E-state index contributed by atoms with van der Waals surface area (Å²) in [5, 5.41) is 2.67. The summed E-state index contributed by atoms with van der Waals surface area (Å²) in [5.74, 6) is -3.16. The molecule has 0 radical (unpaired) electrons. The highest BCUT2D eigenvalue weighted by atomic mass is 19.2. The van der Waals surface area contributed by atoms with Crippen molar-refractivity contribution in [3.63, 3.8) is 0 Å². The average molecular weight is 378 g/mol. The van der Waals surface area contributed by atoms with Gasteiger partial charge in [0.1, 0.15) is 5.56 Å². The largest absolute Gasteiger partial charge is 0.462 e. The zero-order chi connectivity index (χ0) is 19.6. The van der Waals surface area contributed by atoms with Gasteiger partial charge in [-0.25, -0.2) is 13.6 Å². The molecule has 1 fully saturated rings. The maximum atomic E-state index is 14.8. The van der Waals surface area contributed by atoms with Gasteiger partial charge in [-0.3, -0.25) is 4.79 Å². The summed E-state index contributed by atoms with van der Waals surface area (Å²) in [5.41, 5.74) is -0.837. The Labute approximate surface area is 156 Å². The number of ether oxygens (including phenoxy) is 1. The second kappa shape index (κ2) is 8.06. The van der Waals surface area contributed by atoms with Gasteiger partial charge in [-0.1, -0.05) is 19.3 Å². The molecule has 0 bridgehead atoms. The number of aromatic nitrogens is 1. The van der Waals surface area contributed by atoms with Crippen LogP contribution in [0.15, 0.2) is 17.1 Å². The number of nitrogens with zero attached hydrogens (tertiary/aromatic N) is 1. The summed E-state index contributed by atoms with van der Waals surface area (Å²) in [4.78, 5) is 24.7. The Kier molecular flexibility index (Phi) is 5.77. The monoisotopic (exact) mass is 378 g/mol. The lowest BCUT2D eigenvalue weighted by Gasteiger charge is -2.24. The first kappa shape index (κ1) is 19.3. The van der Waals surface area contributed by atoms with E-state index in [9.17, 15) is 18.4 Å². The molecule has 27 heavy (non-hydrogen) atoms. The third kappa shape index (κ3) is 3.68. The van der Waals surface area contributed by atoms with E-state index in [4.69, 9.17) is 4.74 Å². The molecule has 3 rings (SSSR count). The Morgan fingerprint density at radius 3 is 2.56 bits per heavy atom. The second-order valence-electron chi connectivity index (χ2n) is 6.80. The Hall–Kier alpha value is -2.44. The van der Waals surface area contributed by atoms with E-state index in [0.29, 0.717) is 6.54 Å². The normalized spacial score (nSPS) is 15.1. The Morgan fingerprint density at radius 2 is 1.93 bits per heavy atom. The van der Waals surface area contributed by atoms with E-state index in [-0.39, 0.29) is 29.4 Å². The van der Waals surface area contributed by atoms with Crippen molar-refractivity contribution < 1.29 is 18.3 Å². The molecule has 0 amide bonds. The second-order valence-corrected chi connectivity index (χ2v) is 6.80. The molecule has 1 aliphatic carbocycles. The number of anilines is 1. The molecule has 0 unspecified atom stereocenters. The molecule has 5 nitrogen and oxygen atoms in total. The number of fused-ring (bicyclic) bond motifs is 1. The van der Waals surface area contributed by atoms with E-state index in [0.717, 1.165) is 32.1 Å². The van der Waals surface area contributed by atoms with E-state index in [1.54, 1.807) is 18.4 Å². The highest BCUT2D eigenvalue weighted by molar-refractivity contribution is 5.94. The predicted octanol–water partition coefficient (Wildman–Crippen LogP) is 4.22. The maximum absolute atomic E-state index is 14.8. The van der Waals surface area contributed by atoms with Crippen molar-refractivity contribution in [1.29, 1.82) is 0 Å². The summed E-state index contributed by atoms with van der Waals surface area (Å²) in [6.45, 7) is 3.88. The third-order valence-corrected chi connectivity index (χ3v) is 5.05. The topological polar surface area (TPSA) is 60.3 Å². The molecule has 1 N–H and O–H groups in total. The Bertz CT molecular complexity index is 918. The molecular weight excluding hydrogens is 354 g/mol. The number of esters is 1. The lowest BCUT2D eigenvalue weighted by atomic mass is 9.95. The number of halogens is 2. The Morgan fingerprint density at radius 1 is 1.22 bits per heavy atom. The van der Waals surface area contributed by atoms with Crippen LogP contribution in [0, 0.1) is 11.6 Å². The molecule has 1 heterocycles. The number of pyridine rings is 1. The van der Waals surface area contributed by atoms with Gasteiger partial charge in [0.05, 0.1) is 23.2 Å². The summed E-state index contributed by atoms with van der Waals surface area (Å²) >= 11 is 0. The minimum absolute atomic E-state index is 0.0531. The van der Waals surface area contributed by atoms with Gasteiger partial charge in [-0.05, 0) is 32.8 Å². The van der Waals surface area contributed by atoms with Crippen LogP contribution in [0.25, 0.3) is 10.9 Å². The molecule has 0 saturated heterocycles. The summed E-state index contributed by atoms with van der Waals surface area (Å²) in [7, 11) is 0. The zero-order valence-corrected chi connectivity index (χ0v) is 15.6. The minimum Gasteiger partial charge on any atom is -0.462 e. The first-order chi connectivity index (χ1) is 13.0. The zero-order valence-electron chi connectivity index (χ0n) is 15.6. The number of hydrogen-bond acceptors (Lipinski definition) is 4. The van der Waals surface area contributed by atoms with E-state index in [1.807, 2.05) is 0 Å². The quantitative estimate of drug-likeness (QED) is 0.792. The molecular formula is C20H24F2N2O3. The number of nitrogens with one attached hydrogen (secondary N) is 1. The Balaban J connectivity index is 2.15. The van der Waals surface area contributed by atoms with Crippen LogP contribution in [0.1, 0.15) is 56.3 Å². The van der Waals surface area contributed by atoms with Crippen molar-refractivity contribution in [3.05, 3.63) is 39.7 Å². The van der Waals surface area contributed by atoms with Gasteiger partial charge in [0.2, 0.25) is 5.43 Å². The van der Waals surface area contributed by atoms with Crippen molar-refractivity contribution in [3.8, 4) is 0 Å². The van der Waals surface area contributed by atoms with Crippen molar-refractivity contribution in [2.45, 2.75) is 58.5 Å². The van der Waals surface area contributed by atoms with Gasteiger partial charge in [0.15, 0.2) is 11.6 Å². The van der Waals surface area contributed by atoms with Crippen molar-refractivity contribution in [2.75, 3.05) is 11.9 Å². The third-order valence-electron chi connectivity index (χ3n) is 5.05. The van der Waals surface area contributed by atoms with E-state index < -0.39 is 28.4 Å². The number of carbonyl (C=O) groups excluding carboxylic acids is 1. The van der Waals surface area contributed by atoms with Gasteiger partial charge < -0.3 is 14.6 Å². The van der Waals surface area contributed by atoms with Gasteiger partial charge >= 0.3 is 5.97 Å². The van der Waals surface area contributed by atoms with Gasteiger partial charge in [-0.2, -0.15) is 0 Å². The summed E-state index contributed by atoms with van der Waals surface area (Å²) < 4.78 is 36.0. The smallest absolute Gasteiger partial charge is 0.343 e. The number of aryl methyl sites for hydroxylation is 1. The van der Waals surface area contributed by atoms with Crippen LogP contribution in [-0.4, -0.2) is 23.2 Å². The van der Waals surface area contributed by atoms with Crippen molar-refractivity contribution >= 4 is 22.6 Å². The minimum atomic E-state index is -1.23. The molecule has 0 atom stereocenters. The van der Waals surface area contributed by atoms with Crippen LogP contribution in [0.4, 0.5) is 14.5 Å². The van der Waals surface area contributed by atoms with Crippen LogP contribution in [-0.2, 0) is 11.3 Å². The molecule has 0 spiro atoms. The molecule has 2 aromatic rings. The molecule has 1 aliphatic rings. The molecule has 0 aliphatic heterocycles. The SMILES string of the molecule is CCOC(=O)c1cn(CC)c2cc(NC3CCCCC3)c(F)c(F)c2c1=O. The van der Waals surface area contributed by atoms with Gasteiger partial charge in [0, 0.05) is 18.8 Å². The van der Waals surface area contributed by atoms with Crippen molar-refractivity contribution in [1.82, 2.24) is 4.57 Å². The van der Waals surface area contributed by atoms with Crippen LogP contribution in [0.2, 0.25) is 0 Å². The molecule has 1 aromatic carbocycles. The van der Waals surface area contributed by atoms with Gasteiger partial charge in [0.25, 0.3) is 0 Å². The number of benzene rings is 1. The van der Waals surface area contributed by atoms with Crippen LogP contribution >= 0.6 is 0 Å². The van der Waals surface area contributed by atoms with E-state index in [1.165, 1.54) is 12.3 Å². The maximum Gasteiger partial charge on any atom is 0.343 e. The van der Waals surface area contributed by atoms with Crippen LogP contribution < -0.4 is 10.7 Å². The van der Waals surface area contributed by atoms with Crippen molar-refractivity contribution in [2.24, 2.45) is 0 Å². The number of rotatable bonds is 5. The van der Waals surface area contributed by atoms with Crippen LogP contribution in [0.3, 0.4) is 0 Å². The fourth-order valence-electron chi connectivity index (χ4n) is 3.66. The highest BCUT2D eigenvalue weighted by Gasteiger charge is 2.24. The fraction of sp³-hybridized carbons (Fsp3) is 0.500. The van der Waals surface area contributed by atoms with E-state index in [2.05, 4.69) is 5.32 Å². The summed E-state index contributed by atoms with van der Waals surface area (Å²) in [6.07, 6.45) is 6.42.